The van der Waals surface area contributed by atoms with Crippen molar-refractivity contribution in [3.63, 3.8) is 0 Å². The number of rotatable bonds is 9. The summed E-state index contributed by atoms with van der Waals surface area (Å²) in [6.07, 6.45) is 1.28. The van der Waals surface area contributed by atoms with E-state index in [1.165, 1.54) is 12.1 Å². The number of hydrazone groups is 1. The highest BCUT2D eigenvalue weighted by Gasteiger charge is 2.33. The Kier molecular flexibility index (Phi) is 7.53. The SMILES string of the molecule is COc1cccc(C2=NN(C(=O)COc3ccc(C=O)cc3OC)C(c3ccc(N(C)C)cc3)C2)c1. The van der Waals surface area contributed by atoms with Gasteiger partial charge in [-0.25, -0.2) is 5.01 Å². The summed E-state index contributed by atoms with van der Waals surface area (Å²) < 4.78 is 16.5. The molecule has 1 aliphatic heterocycles. The van der Waals surface area contributed by atoms with Crippen LogP contribution in [0.25, 0.3) is 0 Å². The third-order valence-corrected chi connectivity index (χ3v) is 6.04. The van der Waals surface area contributed by atoms with Gasteiger partial charge in [-0.05, 0) is 48.0 Å². The lowest BCUT2D eigenvalue weighted by atomic mass is 9.98. The second-order valence-electron chi connectivity index (χ2n) is 8.54. The lowest BCUT2D eigenvalue weighted by molar-refractivity contribution is -0.135. The third kappa shape index (κ3) is 5.33. The molecular formula is C28H29N3O5. The average molecular weight is 488 g/mol. The fourth-order valence-corrected chi connectivity index (χ4v) is 4.05. The van der Waals surface area contributed by atoms with Crippen molar-refractivity contribution in [3.05, 3.63) is 83.4 Å². The molecule has 186 valence electrons. The first-order chi connectivity index (χ1) is 17.4. The fourth-order valence-electron chi connectivity index (χ4n) is 4.05. The van der Waals surface area contributed by atoms with Crippen LogP contribution in [0.4, 0.5) is 5.69 Å². The number of anilines is 1. The van der Waals surface area contributed by atoms with Crippen LogP contribution < -0.4 is 19.1 Å². The molecule has 8 heteroatoms. The summed E-state index contributed by atoms with van der Waals surface area (Å²) in [5, 5.41) is 6.20. The summed E-state index contributed by atoms with van der Waals surface area (Å²) in [6, 6.07) is 20.2. The van der Waals surface area contributed by atoms with Gasteiger partial charge < -0.3 is 19.1 Å². The van der Waals surface area contributed by atoms with Gasteiger partial charge in [0, 0.05) is 37.3 Å². The Morgan fingerprint density at radius 3 is 2.47 bits per heavy atom. The predicted molar refractivity (Wildman–Crippen MR) is 138 cm³/mol. The number of hydrogen-bond acceptors (Lipinski definition) is 7. The maximum atomic E-state index is 13.4. The maximum Gasteiger partial charge on any atom is 0.281 e. The largest absolute Gasteiger partial charge is 0.497 e. The van der Waals surface area contributed by atoms with Crippen LogP contribution >= 0.6 is 0 Å². The number of amides is 1. The number of ether oxygens (including phenoxy) is 3. The Morgan fingerprint density at radius 2 is 1.81 bits per heavy atom. The zero-order chi connectivity index (χ0) is 25.7. The van der Waals surface area contributed by atoms with E-state index in [0.29, 0.717) is 23.5 Å². The van der Waals surface area contributed by atoms with E-state index < -0.39 is 0 Å². The van der Waals surface area contributed by atoms with Gasteiger partial charge in [-0.1, -0.05) is 24.3 Å². The average Bonchev–Trinajstić information content (AvgIpc) is 3.37. The number of methoxy groups -OCH3 is 2. The summed E-state index contributed by atoms with van der Waals surface area (Å²) in [6.45, 7) is -0.238. The second kappa shape index (κ2) is 10.9. The smallest absolute Gasteiger partial charge is 0.281 e. The highest BCUT2D eigenvalue weighted by atomic mass is 16.5. The monoisotopic (exact) mass is 487 g/mol. The lowest BCUT2D eigenvalue weighted by Crippen LogP contribution is -2.31. The number of carbonyl (C=O) groups excluding carboxylic acids is 2. The molecule has 0 N–H and O–H groups in total. The topological polar surface area (TPSA) is 80.7 Å². The van der Waals surface area contributed by atoms with E-state index in [4.69, 9.17) is 19.3 Å². The summed E-state index contributed by atoms with van der Waals surface area (Å²) in [7, 11) is 7.07. The molecule has 1 aliphatic rings. The van der Waals surface area contributed by atoms with Gasteiger partial charge in [0.25, 0.3) is 5.91 Å². The van der Waals surface area contributed by atoms with Crippen LogP contribution in [-0.4, -0.2) is 57.8 Å². The summed E-state index contributed by atoms with van der Waals surface area (Å²) in [4.78, 5) is 26.4. The molecule has 0 bridgehead atoms. The van der Waals surface area contributed by atoms with Gasteiger partial charge in [0.1, 0.15) is 12.0 Å². The van der Waals surface area contributed by atoms with Crippen molar-refractivity contribution in [1.82, 2.24) is 5.01 Å². The van der Waals surface area contributed by atoms with Gasteiger partial charge >= 0.3 is 0 Å². The molecule has 8 nitrogen and oxygen atoms in total. The fraction of sp³-hybridized carbons (Fsp3) is 0.250. The normalized spacial score (nSPS) is 14.7. The molecule has 36 heavy (non-hydrogen) atoms. The van der Waals surface area contributed by atoms with Crippen molar-refractivity contribution in [2.45, 2.75) is 12.5 Å². The van der Waals surface area contributed by atoms with Crippen LogP contribution in [0, 0.1) is 0 Å². The van der Waals surface area contributed by atoms with Gasteiger partial charge in [-0.2, -0.15) is 5.10 Å². The predicted octanol–water partition coefficient (Wildman–Crippen LogP) is 4.34. The molecule has 1 unspecified atom stereocenters. The number of aldehydes is 1. The van der Waals surface area contributed by atoms with Crippen LogP contribution in [0.1, 0.15) is 33.9 Å². The highest BCUT2D eigenvalue weighted by molar-refractivity contribution is 6.03. The molecule has 3 aromatic carbocycles. The van der Waals surface area contributed by atoms with Gasteiger partial charge in [0.05, 0.1) is 26.0 Å². The zero-order valence-electron chi connectivity index (χ0n) is 20.8. The Balaban J connectivity index is 1.60. The number of nitrogens with zero attached hydrogens (tertiary/aromatic N) is 3. The highest BCUT2D eigenvalue weighted by Crippen LogP contribution is 2.35. The first-order valence-corrected chi connectivity index (χ1v) is 11.5. The van der Waals surface area contributed by atoms with Gasteiger partial charge in [-0.15, -0.1) is 0 Å². The van der Waals surface area contributed by atoms with E-state index in [0.717, 1.165) is 34.6 Å². The number of hydrogen-bond donors (Lipinski definition) is 0. The maximum absolute atomic E-state index is 13.4. The van der Waals surface area contributed by atoms with Crippen LogP contribution in [0.2, 0.25) is 0 Å². The molecule has 3 aromatic rings. The number of benzene rings is 3. The summed E-state index contributed by atoms with van der Waals surface area (Å²) in [5.74, 6) is 1.18. The Hall–Kier alpha value is -4.33. The van der Waals surface area contributed by atoms with Crippen molar-refractivity contribution >= 4 is 23.6 Å². The molecule has 1 atom stereocenters. The van der Waals surface area contributed by atoms with Gasteiger partial charge in [0.15, 0.2) is 18.1 Å². The summed E-state index contributed by atoms with van der Waals surface area (Å²) >= 11 is 0. The Morgan fingerprint density at radius 1 is 1.03 bits per heavy atom. The van der Waals surface area contributed by atoms with Crippen LogP contribution in [0.15, 0.2) is 71.8 Å². The first kappa shape index (κ1) is 24.8. The summed E-state index contributed by atoms with van der Waals surface area (Å²) in [5.41, 5.74) is 4.18. The quantitative estimate of drug-likeness (QED) is 0.418. The molecule has 1 amide bonds. The van der Waals surface area contributed by atoms with E-state index in [1.807, 2.05) is 67.5 Å². The molecule has 0 saturated heterocycles. The van der Waals surface area contributed by atoms with Crippen molar-refractivity contribution < 1.29 is 23.8 Å². The van der Waals surface area contributed by atoms with E-state index >= 15 is 0 Å². The van der Waals surface area contributed by atoms with E-state index in [-0.39, 0.29) is 18.6 Å². The minimum atomic E-state index is -0.295. The first-order valence-electron chi connectivity index (χ1n) is 11.5. The van der Waals surface area contributed by atoms with Gasteiger partial charge in [-0.3, -0.25) is 9.59 Å². The second-order valence-corrected chi connectivity index (χ2v) is 8.54. The lowest BCUT2D eigenvalue weighted by Gasteiger charge is -2.23. The van der Waals surface area contributed by atoms with Gasteiger partial charge in [0.2, 0.25) is 0 Å². The minimum Gasteiger partial charge on any atom is -0.497 e. The molecule has 1 heterocycles. The molecule has 4 rings (SSSR count). The van der Waals surface area contributed by atoms with Crippen LogP contribution in [0.3, 0.4) is 0 Å². The van der Waals surface area contributed by atoms with E-state index in [2.05, 4.69) is 0 Å². The molecule has 0 aromatic heterocycles. The zero-order valence-corrected chi connectivity index (χ0v) is 20.8. The van der Waals surface area contributed by atoms with Crippen molar-refractivity contribution in [2.24, 2.45) is 5.10 Å². The van der Waals surface area contributed by atoms with Crippen molar-refractivity contribution in [2.75, 3.05) is 39.8 Å². The Bertz CT molecular complexity index is 1270. The molecule has 0 saturated carbocycles. The van der Waals surface area contributed by atoms with Crippen molar-refractivity contribution in [3.8, 4) is 17.2 Å². The van der Waals surface area contributed by atoms with Crippen molar-refractivity contribution in [1.29, 1.82) is 0 Å². The van der Waals surface area contributed by atoms with Crippen LogP contribution in [0.5, 0.6) is 17.2 Å². The van der Waals surface area contributed by atoms with E-state index in [1.54, 1.807) is 25.3 Å². The third-order valence-electron chi connectivity index (χ3n) is 6.04. The molecule has 0 fully saturated rings. The molecule has 0 radical (unpaired) electrons. The molecule has 0 spiro atoms. The molecular weight excluding hydrogens is 458 g/mol. The van der Waals surface area contributed by atoms with E-state index in [9.17, 15) is 9.59 Å². The Labute approximate surface area is 210 Å². The minimum absolute atomic E-state index is 0.238. The number of carbonyl (C=O) groups is 2. The van der Waals surface area contributed by atoms with Crippen LogP contribution in [-0.2, 0) is 4.79 Å². The standard InChI is InChI=1S/C28H29N3O5/c1-30(2)22-11-9-20(10-12-22)25-16-24(21-6-5-7-23(15-21)34-3)29-31(25)28(33)18-36-26-13-8-19(17-32)14-27(26)35-4/h5-15,17,25H,16,18H2,1-4H3. The molecule has 0 aliphatic carbocycles.